The Morgan fingerprint density at radius 3 is 2.90 bits per heavy atom. The second-order valence-corrected chi connectivity index (χ2v) is 4.65. The third-order valence-corrected chi connectivity index (χ3v) is 3.37. The van der Waals surface area contributed by atoms with Gasteiger partial charge in [-0.3, -0.25) is 4.68 Å². The lowest BCUT2D eigenvalue weighted by molar-refractivity contribution is 0.315. The van der Waals surface area contributed by atoms with Crippen molar-refractivity contribution < 1.29 is 4.63 Å². The van der Waals surface area contributed by atoms with Gasteiger partial charge in [0.05, 0.1) is 6.54 Å². The maximum atomic E-state index is 4.81. The maximum Gasteiger partial charge on any atom is 0.146 e. The van der Waals surface area contributed by atoms with Crippen LogP contribution < -0.4 is 0 Å². The molecule has 104 valence electrons. The lowest BCUT2D eigenvalue weighted by Gasteiger charge is -2.08. The van der Waals surface area contributed by atoms with E-state index >= 15 is 0 Å². The Labute approximate surface area is 119 Å². The highest BCUT2D eigenvalue weighted by atomic mass is 16.6. The van der Waals surface area contributed by atoms with E-state index in [4.69, 9.17) is 4.63 Å². The van der Waals surface area contributed by atoms with Crippen LogP contribution >= 0.6 is 0 Å². The van der Waals surface area contributed by atoms with Crippen molar-refractivity contribution in [2.75, 3.05) is 0 Å². The Kier molecular flexibility index (Phi) is 2.74. The Morgan fingerprint density at radius 2 is 2.00 bits per heavy atom. The SMILES string of the molecule is c1cc(-c2nccn2CCn2cccn2)c2nonc2c1. The van der Waals surface area contributed by atoms with Gasteiger partial charge in [-0.1, -0.05) is 6.07 Å². The summed E-state index contributed by atoms with van der Waals surface area (Å²) in [5.41, 5.74) is 2.37. The average Bonchev–Trinajstić information content (AvgIpc) is 3.25. The zero-order valence-corrected chi connectivity index (χ0v) is 11.1. The Balaban J connectivity index is 1.70. The summed E-state index contributed by atoms with van der Waals surface area (Å²) in [4.78, 5) is 4.44. The van der Waals surface area contributed by atoms with Crippen LogP contribution in [0.5, 0.6) is 0 Å². The van der Waals surface area contributed by atoms with Gasteiger partial charge in [0, 0.05) is 36.9 Å². The number of aromatic nitrogens is 6. The molecule has 7 nitrogen and oxygen atoms in total. The van der Waals surface area contributed by atoms with E-state index < -0.39 is 0 Å². The first-order valence-corrected chi connectivity index (χ1v) is 6.62. The van der Waals surface area contributed by atoms with Crippen LogP contribution in [0, 0.1) is 0 Å². The van der Waals surface area contributed by atoms with Crippen LogP contribution in [0.4, 0.5) is 0 Å². The van der Waals surface area contributed by atoms with Crippen molar-refractivity contribution in [2.45, 2.75) is 13.1 Å². The van der Waals surface area contributed by atoms with Gasteiger partial charge in [-0.15, -0.1) is 0 Å². The average molecular weight is 280 g/mol. The molecule has 0 fully saturated rings. The van der Waals surface area contributed by atoms with E-state index in [1.54, 1.807) is 12.4 Å². The molecule has 0 saturated carbocycles. The van der Waals surface area contributed by atoms with Gasteiger partial charge in [0.15, 0.2) is 0 Å². The molecule has 0 aliphatic heterocycles. The molecular weight excluding hydrogens is 268 g/mol. The highest BCUT2D eigenvalue weighted by Crippen LogP contribution is 2.25. The van der Waals surface area contributed by atoms with E-state index in [1.165, 1.54) is 0 Å². The lowest BCUT2D eigenvalue weighted by Crippen LogP contribution is -2.08. The molecule has 0 saturated heterocycles. The quantitative estimate of drug-likeness (QED) is 0.571. The van der Waals surface area contributed by atoms with Gasteiger partial charge < -0.3 is 4.57 Å². The summed E-state index contributed by atoms with van der Waals surface area (Å²) >= 11 is 0. The standard InChI is InChI=1S/C14H12N6O/c1-3-11(13-12(4-1)17-21-18-13)14-15-6-8-19(14)9-10-20-7-2-5-16-20/h1-8H,9-10H2. The fourth-order valence-corrected chi connectivity index (χ4v) is 2.36. The molecular formula is C14H12N6O. The number of aryl methyl sites for hydroxylation is 2. The van der Waals surface area contributed by atoms with Gasteiger partial charge in [0.25, 0.3) is 0 Å². The Hall–Kier alpha value is -2.96. The summed E-state index contributed by atoms with van der Waals surface area (Å²) in [6.07, 6.45) is 7.45. The van der Waals surface area contributed by atoms with Crippen molar-refractivity contribution in [3.8, 4) is 11.4 Å². The molecule has 3 heterocycles. The first-order valence-electron chi connectivity index (χ1n) is 6.62. The van der Waals surface area contributed by atoms with Gasteiger partial charge in [0.1, 0.15) is 16.9 Å². The van der Waals surface area contributed by atoms with Crippen molar-refractivity contribution in [1.82, 2.24) is 29.6 Å². The van der Waals surface area contributed by atoms with E-state index in [0.29, 0.717) is 0 Å². The first-order chi connectivity index (χ1) is 10.4. The number of rotatable bonds is 4. The molecule has 4 aromatic rings. The number of nitrogens with zero attached hydrogens (tertiary/aromatic N) is 6. The molecule has 0 N–H and O–H groups in total. The fourth-order valence-electron chi connectivity index (χ4n) is 2.36. The van der Waals surface area contributed by atoms with Gasteiger partial charge in [-0.2, -0.15) is 5.10 Å². The second-order valence-electron chi connectivity index (χ2n) is 4.65. The summed E-state index contributed by atoms with van der Waals surface area (Å²) in [6, 6.07) is 7.68. The molecule has 0 unspecified atom stereocenters. The van der Waals surface area contributed by atoms with E-state index in [-0.39, 0.29) is 0 Å². The van der Waals surface area contributed by atoms with Crippen LogP contribution in [0.2, 0.25) is 0 Å². The second kappa shape index (κ2) is 4.86. The summed E-state index contributed by atoms with van der Waals surface area (Å²) in [5.74, 6) is 0.850. The van der Waals surface area contributed by atoms with Crippen molar-refractivity contribution in [3.05, 3.63) is 49.1 Å². The van der Waals surface area contributed by atoms with Gasteiger partial charge >= 0.3 is 0 Å². The van der Waals surface area contributed by atoms with Crippen molar-refractivity contribution >= 4 is 11.0 Å². The minimum atomic E-state index is 0.726. The number of fused-ring (bicyclic) bond motifs is 1. The highest BCUT2D eigenvalue weighted by Gasteiger charge is 2.13. The predicted octanol–water partition coefficient (Wildman–Crippen LogP) is 1.98. The van der Waals surface area contributed by atoms with E-state index in [0.717, 1.165) is 35.5 Å². The third kappa shape index (κ3) is 2.08. The monoisotopic (exact) mass is 280 g/mol. The summed E-state index contributed by atoms with van der Waals surface area (Å²) < 4.78 is 8.78. The minimum absolute atomic E-state index is 0.726. The predicted molar refractivity (Wildman–Crippen MR) is 75.3 cm³/mol. The molecule has 21 heavy (non-hydrogen) atoms. The van der Waals surface area contributed by atoms with Crippen molar-refractivity contribution in [1.29, 1.82) is 0 Å². The molecule has 0 radical (unpaired) electrons. The smallest absolute Gasteiger partial charge is 0.146 e. The van der Waals surface area contributed by atoms with Gasteiger partial charge in [-0.05, 0) is 28.5 Å². The first kappa shape index (κ1) is 11.8. The van der Waals surface area contributed by atoms with Gasteiger partial charge in [0.2, 0.25) is 0 Å². The number of imidazole rings is 1. The van der Waals surface area contributed by atoms with Crippen LogP contribution in [0.3, 0.4) is 0 Å². The topological polar surface area (TPSA) is 74.6 Å². The van der Waals surface area contributed by atoms with E-state index in [1.807, 2.05) is 41.3 Å². The zero-order valence-electron chi connectivity index (χ0n) is 11.1. The van der Waals surface area contributed by atoms with Crippen molar-refractivity contribution in [3.63, 3.8) is 0 Å². The molecule has 0 aliphatic rings. The fraction of sp³-hybridized carbons (Fsp3) is 0.143. The summed E-state index contributed by atoms with van der Waals surface area (Å²) in [6.45, 7) is 1.56. The zero-order chi connectivity index (χ0) is 14.1. The molecule has 0 spiro atoms. The molecule has 1 aromatic carbocycles. The van der Waals surface area contributed by atoms with Crippen LogP contribution in [0.15, 0.2) is 53.7 Å². The van der Waals surface area contributed by atoms with Crippen LogP contribution in [0.25, 0.3) is 22.4 Å². The third-order valence-electron chi connectivity index (χ3n) is 3.37. The minimum Gasteiger partial charge on any atom is -0.329 e. The molecule has 0 bridgehead atoms. The van der Waals surface area contributed by atoms with E-state index in [2.05, 4.69) is 25.0 Å². The molecule has 0 aliphatic carbocycles. The van der Waals surface area contributed by atoms with E-state index in [9.17, 15) is 0 Å². The van der Waals surface area contributed by atoms with Crippen LogP contribution in [-0.4, -0.2) is 29.6 Å². The Bertz CT molecular complexity index is 861. The van der Waals surface area contributed by atoms with Crippen molar-refractivity contribution in [2.24, 2.45) is 0 Å². The molecule has 0 atom stereocenters. The highest BCUT2D eigenvalue weighted by molar-refractivity contribution is 5.88. The number of hydrogen-bond acceptors (Lipinski definition) is 5. The van der Waals surface area contributed by atoms with Crippen LogP contribution in [-0.2, 0) is 13.1 Å². The number of benzene rings is 1. The Morgan fingerprint density at radius 1 is 1.00 bits per heavy atom. The maximum absolute atomic E-state index is 4.81. The molecule has 4 rings (SSSR count). The van der Waals surface area contributed by atoms with Gasteiger partial charge in [-0.25, -0.2) is 9.61 Å². The largest absolute Gasteiger partial charge is 0.329 e. The summed E-state index contributed by atoms with van der Waals surface area (Å²) in [5, 5.41) is 12.0. The van der Waals surface area contributed by atoms with Crippen LogP contribution in [0.1, 0.15) is 0 Å². The summed E-state index contributed by atoms with van der Waals surface area (Å²) in [7, 11) is 0. The molecule has 0 amide bonds. The molecule has 7 heteroatoms. The normalized spacial score (nSPS) is 11.2. The molecule has 3 aromatic heterocycles. The lowest BCUT2D eigenvalue weighted by atomic mass is 10.1. The number of hydrogen-bond donors (Lipinski definition) is 0.